The number of aliphatic imine (C=N–C) groups is 1. The maximum Gasteiger partial charge on any atom is 0.416 e. The van der Waals surface area contributed by atoms with Crippen molar-refractivity contribution in [2.75, 3.05) is 18.0 Å². The lowest BCUT2D eigenvalue weighted by atomic mass is 10.1. The van der Waals surface area contributed by atoms with Crippen LogP contribution >= 0.6 is 0 Å². The fraction of sp³-hybridized carbons (Fsp3) is 0.455. The summed E-state index contributed by atoms with van der Waals surface area (Å²) < 4.78 is 85.1. The van der Waals surface area contributed by atoms with Crippen LogP contribution < -0.4 is 4.90 Å². The van der Waals surface area contributed by atoms with Gasteiger partial charge >= 0.3 is 18.3 Å². The Hall–Kier alpha value is -3.38. The lowest BCUT2D eigenvalue weighted by Crippen LogP contribution is -2.35. The topological polar surface area (TPSA) is 76.8 Å². The van der Waals surface area contributed by atoms with Crippen molar-refractivity contribution in [2.24, 2.45) is 4.99 Å². The number of rotatable bonds is 4. The van der Waals surface area contributed by atoms with Crippen LogP contribution in [0.1, 0.15) is 48.1 Å². The molecule has 0 atom stereocenters. The Morgan fingerprint density at radius 3 is 2.26 bits per heavy atom. The lowest BCUT2D eigenvalue weighted by molar-refractivity contribution is -0.143. The molecule has 2 aliphatic rings. The zero-order chi connectivity index (χ0) is 25.4. The van der Waals surface area contributed by atoms with Gasteiger partial charge in [0.05, 0.1) is 16.8 Å². The highest BCUT2D eigenvalue weighted by Gasteiger charge is 2.37. The highest BCUT2D eigenvalue weighted by atomic mass is 19.4. The molecule has 1 amide bonds. The second-order valence-corrected chi connectivity index (χ2v) is 8.19. The van der Waals surface area contributed by atoms with E-state index in [0.717, 1.165) is 12.8 Å². The molecular formula is C22H20F6N4O3. The molecule has 35 heavy (non-hydrogen) atoms. The number of halogens is 6. The number of esters is 1. The van der Waals surface area contributed by atoms with Crippen LogP contribution in [0.4, 0.5) is 32.2 Å². The normalized spacial score (nSPS) is 17.0. The number of amides is 1. The number of hydrogen-bond donors (Lipinski definition) is 0. The number of alkyl halides is 6. The smallest absolute Gasteiger partial charge is 0.416 e. The summed E-state index contributed by atoms with van der Waals surface area (Å²) in [5.74, 6) is -0.772. The molecule has 2 aliphatic heterocycles. The van der Waals surface area contributed by atoms with Crippen molar-refractivity contribution in [2.45, 2.75) is 51.2 Å². The summed E-state index contributed by atoms with van der Waals surface area (Å²) in [7, 11) is 0. The van der Waals surface area contributed by atoms with Crippen LogP contribution in [-0.2, 0) is 39.8 Å². The van der Waals surface area contributed by atoms with Crippen molar-refractivity contribution < 1.29 is 40.7 Å². The molecule has 13 heteroatoms. The Morgan fingerprint density at radius 2 is 1.63 bits per heavy atom. The molecule has 7 nitrogen and oxygen atoms in total. The predicted molar refractivity (Wildman–Crippen MR) is 111 cm³/mol. The zero-order valence-corrected chi connectivity index (χ0v) is 18.2. The SMILES string of the molecule is O=C(OCc1cc(C(F)(F)F)cc(C(F)(F)F)c1)C1=NCCCn2nc(N3CCCCC3=O)cc21. The van der Waals surface area contributed by atoms with E-state index >= 15 is 0 Å². The summed E-state index contributed by atoms with van der Waals surface area (Å²) >= 11 is 0. The number of carbonyl (C=O) groups is 2. The van der Waals surface area contributed by atoms with Gasteiger partial charge in [-0.15, -0.1) is 0 Å². The van der Waals surface area contributed by atoms with Gasteiger partial charge < -0.3 is 4.74 Å². The minimum atomic E-state index is -5.01. The summed E-state index contributed by atoms with van der Waals surface area (Å²) in [4.78, 5) is 30.7. The van der Waals surface area contributed by atoms with Gasteiger partial charge in [0.25, 0.3) is 0 Å². The first-order valence-electron chi connectivity index (χ1n) is 10.8. The Bertz CT molecular complexity index is 1140. The third kappa shape index (κ3) is 5.49. The second-order valence-electron chi connectivity index (χ2n) is 8.19. The van der Waals surface area contributed by atoms with E-state index < -0.39 is 41.6 Å². The number of benzene rings is 1. The van der Waals surface area contributed by atoms with Crippen LogP contribution in [0.25, 0.3) is 0 Å². The van der Waals surface area contributed by atoms with Crippen molar-refractivity contribution >= 4 is 23.4 Å². The van der Waals surface area contributed by atoms with E-state index in [1.165, 1.54) is 15.6 Å². The Kier molecular flexibility index (Phi) is 6.60. The molecule has 2 aromatic rings. The molecule has 1 saturated heterocycles. The highest BCUT2D eigenvalue weighted by Crippen LogP contribution is 2.36. The number of nitrogens with zero attached hydrogens (tertiary/aromatic N) is 4. The molecule has 1 aromatic heterocycles. The van der Waals surface area contributed by atoms with Crippen LogP contribution in [0, 0.1) is 0 Å². The molecular weight excluding hydrogens is 482 g/mol. The number of piperidine rings is 1. The molecule has 4 rings (SSSR count). The molecule has 188 valence electrons. The number of aromatic nitrogens is 2. The van der Waals surface area contributed by atoms with Crippen LogP contribution in [0.2, 0.25) is 0 Å². The minimum Gasteiger partial charge on any atom is -0.456 e. The van der Waals surface area contributed by atoms with E-state index in [1.807, 2.05) is 0 Å². The summed E-state index contributed by atoms with van der Waals surface area (Å²) in [6.07, 6.45) is -7.55. The molecule has 0 unspecified atom stereocenters. The first-order chi connectivity index (χ1) is 16.4. The first-order valence-corrected chi connectivity index (χ1v) is 10.8. The predicted octanol–water partition coefficient (Wildman–Crippen LogP) is 4.37. The van der Waals surface area contributed by atoms with Crippen LogP contribution in [0.5, 0.6) is 0 Å². The van der Waals surface area contributed by atoms with E-state index in [0.29, 0.717) is 43.9 Å². The fourth-order valence-electron chi connectivity index (χ4n) is 3.93. The molecule has 0 saturated carbocycles. The van der Waals surface area contributed by atoms with Gasteiger partial charge in [0.1, 0.15) is 6.61 Å². The Labute approximate surface area is 195 Å². The van der Waals surface area contributed by atoms with Gasteiger partial charge in [0, 0.05) is 32.1 Å². The number of anilines is 1. The molecule has 0 radical (unpaired) electrons. The maximum absolute atomic E-state index is 13.1. The molecule has 0 bridgehead atoms. The third-order valence-electron chi connectivity index (χ3n) is 5.62. The quantitative estimate of drug-likeness (QED) is 0.460. The van der Waals surface area contributed by atoms with E-state index in [1.54, 1.807) is 0 Å². The third-order valence-corrected chi connectivity index (χ3v) is 5.62. The summed E-state index contributed by atoms with van der Waals surface area (Å²) in [5.41, 5.74) is -3.37. The molecule has 1 aromatic carbocycles. The second kappa shape index (κ2) is 9.34. The average molecular weight is 502 g/mol. The standard InChI is InChI=1S/C22H20F6N4O3/c23-21(24,25)14-8-13(9-15(10-14)22(26,27)28)12-35-20(34)19-16-11-17(30-32(16)7-3-5-29-19)31-6-2-1-4-18(31)33/h8-11H,1-7,12H2. The van der Waals surface area contributed by atoms with Gasteiger partial charge in [0.2, 0.25) is 5.91 Å². The van der Waals surface area contributed by atoms with Gasteiger partial charge in [-0.1, -0.05) is 0 Å². The number of carbonyl (C=O) groups excluding carboxylic acids is 2. The summed E-state index contributed by atoms with van der Waals surface area (Å²) in [6, 6.07) is 2.52. The van der Waals surface area contributed by atoms with Crippen LogP contribution in [-0.4, -0.2) is 40.5 Å². The Morgan fingerprint density at radius 1 is 0.943 bits per heavy atom. The number of fused-ring (bicyclic) bond motifs is 1. The van der Waals surface area contributed by atoms with Gasteiger partial charge in [0.15, 0.2) is 11.5 Å². The van der Waals surface area contributed by atoms with Crippen LogP contribution in [0.3, 0.4) is 0 Å². The first kappa shape index (κ1) is 24.7. The number of hydrogen-bond acceptors (Lipinski definition) is 5. The molecule has 0 spiro atoms. The largest absolute Gasteiger partial charge is 0.456 e. The molecule has 0 aliphatic carbocycles. The Balaban J connectivity index is 1.56. The molecule has 3 heterocycles. The van der Waals surface area contributed by atoms with Crippen molar-refractivity contribution in [3.05, 3.63) is 46.6 Å². The molecule has 0 N–H and O–H groups in total. The monoisotopic (exact) mass is 502 g/mol. The highest BCUT2D eigenvalue weighted by molar-refractivity contribution is 6.43. The van der Waals surface area contributed by atoms with Crippen LogP contribution in [0.15, 0.2) is 29.3 Å². The summed E-state index contributed by atoms with van der Waals surface area (Å²) in [6.45, 7) is 0.299. The van der Waals surface area contributed by atoms with Crippen molar-refractivity contribution in [3.8, 4) is 0 Å². The van der Waals surface area contributed by atoms with Crippen molar-refractivity contribution in [1.29, 1.82) is 0 Å². The zero-order valence-electron chi connectivity index (χ0n) is 18.2. The minimum absolute atomic E-state index is 0.00266. The van der Waals surface area contributed by atoms with Crippen molar-refractivity contribution in [3.63, 3.8) is 0 Å². The lowest BCUT2D eigenvalue weighted by Gasteiger charge is -2.24. The van der Waals surface area contributed by atoms with E-state index in [2.05, 4.69) is 10.1 Å². The van der Waals surface area contributed by atoms with Crippen molar-refractivity contribution in [1.82, 2.24) is 9.78 Å². The number of ether oxygens (including phenoxy) is 1. The van der Waals surface area contributed by atoms with E-state index in [4.69, 9.17) is 4.74 Å². The fourth-order valence-corrected chi connectivity index (χ4v) is 3.93. The van der Waals surface area contributed by atoms with Gasteiger partial charge in [-0.2, -0.15) is 31.4 Å². The van der Waals surface area contributed by atoms with E-state index in [-0.39, 0.29) is 29.9 Å². The average Bonchev–Trinajstić information content (AvgIpc) is 3.09. The summed E-state index contributed by atoms with van der Waals surface area (Å²) in [5, 5.41) is 4.40. The van der Waals surface area contributed by atoms with Gasteiger partial charge in [-0.3, -0.25) is 19.4 Å². The van der Waals surface area contributed by atoms with Gasteiger partial charge in [-0.25, -0.2) is 4.79 Å². The van der Waals surface area contributed by atoms with E-state index in [9.17, 15) is 35.9 Å². The molecule has 1 fully saturated rings. The van der Waals surface area contributed by atoms with Gasteiger partial charge in [-0.05, 0) is 43.0 Å². The maximum atomic E-state index is 13.1. The number of aryl methyl sites for hydroxylation is 1.